The van der Waals surface area contributed by atoms with Gasteiger partial charge >= 0.3 is 0 Å². The van der Waals surface area contributed by atoms with Crippen LogP contribution in [0.5, 0.6) is 0 Å². The highest BCUT2D eigenvalue weighted by Gasteiger charge is 2.18. The monoisotopic (exact) mass is 337 g/mol. The molecule has 0 aromatic carbocycles. The maximum absolute atomic E-state index is 13.7. The number of thiazole rings is 1. The van der Waals surface area contributed by atoms with Gasteiger partial charge in [-0.2, -0.15) is 12.6 Å². The number of aliphatic hydroxyl groups excluding tert-OH is 1. The third kappa shape index (κ3) is 2.38. The van der Waals surface area contributed by atoms with Crippen molar-refractivity contribution in [2.24, 2.45) is 0 Å². The number of hydrogen-bond acceptors (Lipinski definition) is 6. The van der Waals surface area contributed by atoms with Gasteiger partial charge in [0.25, 0.3) is 5.56 Å². The Morgan fingerprint density at radius 3 is 3.05 bits per heavy atom. The average molecular weight is 337 g/mol. The van der Waals surface area contributed by atoms with Gasteiger partial charge in [-0.25, -0.2) is 14.4 Å². The number of thiol groups is 1. The Balaban J connectivity index is 2.28. The van der Waals surface area contributed by atoms with E-state index in [2.05, 4.69) is 22.6 Å². The molecule has 5 nitrogen and oxygen atoms in total. The summed E-state index contributed by atoms with van der Waals surface area (Å²) in [6.45, 7) is 1.58. The molecule has 0 saturated heterocycles. The number of allylic oxidation sites excluding steroid dienone is 5. The topological polar surface area (TPSA) is 68.0 Å². The van der Waals surface area contributed by atoms with Gasteiger partial charge in [0, 0.05) is 17.9 Å². The van der Waals surface area contributed by atoms with Crippen LogP contribution >= 0.6 is 24.0 Å². The molecule has 2 aromatic heterocycles. The third-order valence-electron chi connectivity index (χ3n) is 3.34. The molecular formula is C14H12FN3O2S2. The molecule has 0 atom stereocenters. The maximum Gasteiger partial charge on any atom is 0.277 e. The van der Waals surface area contributed by atoms with Crippen LogP contribution in [0.25, 0.3) is 16.0 Å². The minimum Gasteiger partial charge on any atom is -0.505 e. The van der Waals surface area contributed by atoms with E-state index in [0.29, 0.717) is 27.4 Å². The number of fused-ring (bicyclic) bond motifs is 1. The van der Waals surface area contributed by atoms with Crippen molar-refractivity contribution in [2.45, 2.75) is 19.1 Å². The summed E-state index contributed by atoms with van der Waals surface area (Å²) in [5.41, 5.74) is 2.58. The lowest BCUT2D eigenvalue weighted by molar-refractivity contribution is 0.384. The standard InChI is InChI=1S/C14H12FN3O2S2/c1-7-4-8(2-3-9(15)11(7)19)18-10(5-21)17-13-12(14(18)20)22-6-16-13/h3-4,6,19,21H,2,5H2,1H3. The van der Waals surface area contributed by atoms with Crippen LogP contribution in [0.1, 0.15) is 19.2 Å². The average Bonchev–Trinajstić information content (AvgIpc) is 2.94. The first-order valence-corrected chi connectivity index (χ1v) is 7.97. The summed E-state index contributed by atoms with van der Waals surface area (Å²) in [4.78, 5) is 21.1. The maximum atomic E-state index is 13.7. The second-order valence-electron chi connectivity index (χ2n) is 4.76. The number of aromatic nitrogens is 3. The number of hydrogen-bond donors (Lipinski definition) is 2. The first-order valence-electron chi connectivity index (χ1n) is 6.45. The second-order valence-corrected chi connectivity index (χ2v) is 5.93. The fraction of sp³-hybridized carbons (Fsp3) is 0.214. The fourth-order valence-corrected chi connectivity index (χ4v) is 3.14. The van der Waals surface area contributed by atoms with Gasteiger partial charge in [-0.15, -0.1) is 11.3 Å². The molecule has 3 rings (SSSR count). The molecule has 8 heteroatoms. The van der Waals surface area contributed by atoms with E-state index in [1.165, 1.54) is 22.0 Å². The molecule has 22 heavy (non-hydrogen) atoms. The Kier molecular flexibility index (Phi) is 3.88. The molecule has 0 radical (unpaired) electrons. The summed E-state index contributed by atoms with van der Waals surface area (Å²) in [5, 5.41) is 9.69. The Morgan fingerprint density at radius 1 is 1.55 bits per heavy atom. The van der Waals surface area contributed by atoms with Crippen LogP contribution in [0.3, 0.4) is 0 Å². The number of halogens is 1. The van der Waals surface area contributed by atoms with Gasteiger partial charge in [0.1, 0.15) is 10.5 Å². The van der Waals surface area contributed by atoms with Gasteiger partial charge in [-0.1, -0.05) is 0 Å². The van der Waals surface area contributed by atoms with E-state index in [4.69, 9.17) is 0 Å². The van der Waals surface area contributed by atoms with Crippen LogP contribution in [0.2, 0.25) is 0 Å². The summed E-state index contributed by atoms with van der Waals surface area (Å²) in [6, 6.07) is 0. The molecule has 114 valence electrons. The van der Waals surface area contributed by atoms with Crippen LogP contribution in [0, 0.1) is 0 Å². The molecule has 2 heterocycles. The van der Waals surface area contributed by atoms with Crippen molar-refractivity contribution in [3.8, 4) is 0 Å². The van der Waals surface area contributed by atoms with E-state index in [1.807, 2.05) is 0 Å². The normalized spacial score (nSPS) is 15.8. The summed E-state index contributed by atoms with van der Waals surface area (Å²) >= 11 is 5.42. The highest BCUT2D eigenvalue weighted by atomic mass is 32.1. The zero-order valence-corrected chi connectivity index (χ0v) is 13.3. The van der Waals surface area contributed by atoms with E-state index in [-0.39, 0.29) is 17.7 Å². The molecule has 0 bridgehead atoms. The minimum absolute atomic E-state index is 0.167. The molecule has 0 amide bonds. The number of rotatable bonds is 2. The largest absolute Gasteiger partial charge is 0.505 e. The zero-order chi connectivity index (χ0) is 15.9. The van der Waals surface area contributed by atoms with Gasteiger partial charge in [0.15, 0.2) is 17.2 Å². The van der Waals surface area contributed by atoms with Gasteiger partial charge in [-0.05, 0) is 24.6 Å². The van der Waals surface area contributed by atoms with Crippen LogP contribution < -0.4 is 5.56 Å². The van der Waals surface area contributed by atoms with Crippen molar-refractivity contribution >= 4 is 40.0 Å². The van der Waals surface area contributed by atoms with Crippen LogP contribution in [0.15, 0.2) is 39.6 Å². The predicted molar refractivity (Wildman–Crippen MR) is 87.8 cm³/mol. The molecule has 0 spiro atoms. The van der Waals surface area contributed by atoms with E-state index < -0.39 is 11.6 Å². The Morgan fingerprint density at radius 2 is 2.32 bits per heavy atom. The highest BCUT2D eigenvalue weighted by molar-refractivity contribution is 7.79. The Bertz CT molecular complexity index is 908. The van der Waals surface area contributed by atoms with Crippen molar-refractivity contribution in [1.29, 1.82) is 0 Å². The Labute approximate surface area is 134 Å². The van der Waals surface area contributed by atoms with E-state index in [9.17, 15) is 14.3 Å². The lowest BCUT2D eigenvalue weighted by atomic mass is 10.2. The first kappa shape index (κ1) is 15.0. The first-order chi connectivity index (χ1) is 10.5. The molecule has 2 aromatic rings. The number of nitrogens with zero attached hydrogens (tertiary/aromatic N) is 3. The van der Waals surface area contributed by atoms with Crippen molar-refractivity contribution in [2.75, 3.05) is 0 Å². The van der Waals surface area contributed by atoms with Crippen LogP contribution in [-0.2, 0) is 5.75 Å². The van der Waals surface area contributed by atoms with Crippen LogP contribution in [-0.4, -0.2) is 19.6 Å². The van der Waals surface area contributed by atoms with Crippen LogP contribution in [0.4, 0.5) is 4.39 Å². The van der Waals surface area contributed by atoms with E-state index in [1.54, 1.807) is 18.5 Å². The van der Waals surface area contributed by atoms with Crippen molar-refractivity contribution < 1.29 is 9.50 Å². The van der Waals surface area contributed by atoms with Gasteiger partial charge in [0.2, 0.25) is 0 Å². The Hall–Kier alpha value is -1.93. The fourth-order valence-electron chi connectivity index (χ4n) is 2.27. The molecule has 1 aliphatic rings. The van der Waals surface area contributed by atoms with Gasteiger partial charge in [0.05, 0.1) is 5.51 Å². The lowest BCUT2D eigenvalue weighted by Gasteiger charge is -2.12. The molecule has 1 N–H and O–H groups in total. The smallest absolute Gasteiger partial charge is 0.277 e. The van der Waals surface area contributed by atoms with Gasteiger partial charge in [-0.3, -0.25) is 9.36 Å². The third-order valence-corrected chi connectivity index (χ3v) is 4.43. The van der Waals surface area contributed by atoms with Crippen molar-refractivity contribution in [1.82, 2.24) is 14.5 Å². The molecule has 0 fully saturated rings. The summed E-state index contributed by atoms with van der Waals surface area (Å²) in [6.07, 6.45) is 2.99. The summed E-state index contributed by atoms with van der Waals surface area (Å²) in [7, 11) is 0. The highest BCUT2D eigenvalue weighted by Crippen LogP contribution is 2.25. The zero-order valence-electron chi connectivity index (χ0n) is 11.6. The predicted octanol–water partition coefficient (Wildman–Crippen LogP) is 3.21. The number of aliphatic hydroxyl groups is 1. The second kappa shape index (κ2) is 5.69. The summed E-state index contributed by atoms with van der Waals surface area (Å²) in [5.74, 6) is -0.444. The van der Waals surface area contributed by atoms with E-state index in [0.717, 1.165) is 0 Å². The SMILES string of the molecule is CC1=C(O)C(F)=CCC(n2c(CS)nc3ncsc3c2=O)=C1. The molecule has 1 aliphatic carbocycles. The van der Waals surface area contributed by atoms with E-state index >= 15 is 0 Å². The molecule has 0 aliphatic heterocycles. The van der Waals surface area contributed by atoms with Crippen molar-refractivity contribution in [3.05, 3.63) is 51.0 Å². The summed E-state index contributed by atoms with van der Waals surface area (Å²) < 4.78 is 15.5. The van der Waals surface area contributed by atoms with Crippen molar-refractivity contribution in [3.63, 3.8) is 0 Å². The minimum atomic E-state index is -0.698. The lowest BCUT2D eigenvalue weighted by Crippen LogP contribution is -2.23. The molecular weight excluding hydrogens is 325 g/mol. The molecule has 0 saturated carbocycles. The molecule has 0 unspecified atom stereocenters. The van der Waals surface area contributed by atoms with Gasteiger partial charge < -0.3 is 5.11 Å². The quantitative estimate of drug-likeness (QED) is 0.826.